The summed E-state index contributed by atoms with van der Waals surface area (Å²) in [5, 5.41) is 4.04. The summed E-state index contributed by atoms with van der Waals surface area (Å²) in [5.74, 6) is 0. The van der Waals surface area contributed by atoms with Gasteiger partial charge in [-0.25, -0.2) is 0 Å². The highest BCUT2D eigenvalue weighted by Gasteiger charge is 2.45. The summed E-state index contributed by atoms with van der Waals surface area (Å²) in [6, 6.07) is 42.9. The van der Waals surface area contributed by atoms with Crippen LogP contribution in [0.3, 0.4) is 0 Å². The molecule has 30 heavy (non-hydrogen) atoms. The van der Waals surface area contributed by atoms with Crippen molar-refractivity contribution in [3.05, 3.63) is 127 Å². The molecule has 0 saturated heterocycles. The van der Waals surface area contributed by atoms with Crippen LogP contribution in [0.5, 0.6) is 0 Å². The van der Waals surface area contributed by atoms with E-state index in [2.05, 4.69) is 115 Å². The summed E-state index contributed by atoms with van der Waals surface area (Å²) in [6.45, 7) is 0.620. The van der Waals surface area contributed by atoms with Crippen molar-refractivity contribution < 1.29 is 17.1 Å². The Balaban J connectivity index is 0.00000160. The molecule has 1 unspecified atom stereocenters. The second-order valence-corrected chi connectivity index (χ2v) is 10.2. The van der Waals surface area contributed by atoms with Gasteiger partial charge in [0.2, 0.25) is 0 Å². The van der Waals surface area contributed by atoms with Gasteiger partial charge in [-0.05, 0) is 51.9 Å². The van der Waals surface area contributed by atoms with Crippen molar-refractivity contribution >= 4 is 33.1 Å². The topological polar surface area (TPSA) is 9.23 Å². The number of halogens is 1. The van der Waals surface area contributed by atoms with Crippen LogP contribution < -0.4 is 28.3 Å². The highest BCUT2D eigenvalue weighted by Crippen LogP contribution is 2.55. The first-order valence-electron chi connectivity index (χ1n) is 9.56. The smallest absolute Gasteiger partial charge is 0.171 e. The fourth-order valence-corrected chi connectivity index (χ4v) is 7.34. The predicted octanol–water partition coefficient (Wildman–Crippen LogP) is 1.95. The van der Waals surface area contributed by atoms with Crippen LogP contribution in [0.25, 0.3) is 0 Å². The third kappa shape index (κ3) is 5.37. The molecule has 0 aliphatic carbocycles. The molecule has 4 heteroatoms. The van der Waals surface area contributed by atoms with E-state index in [0.29, 0.717) is 13.0 Å². The maximum Gasteiger partial charge on any atom is 0.171 e. The summed E-state index contributed by atoms with van der Waals surface area (Å²) in [5.41, 5.74) is 1.20. The third-order valence-electron chi connectivity index (χ3n) is 4.99. The van der Waals surface area contributed by atoms with Crippen LogP contribution >= 0.6 is 17.2 Å². The van der Waals surface area contributed by atoms with Crippen molar-refractivity contribution in [2.24, 2.45) is 0 Å². The number of rotatable bonds is 7. The molecule has 0 amide bonds. The molecule has 1 atom stereocenters. The molecule has 0 N–H and O–H groups in total. The molecule has 0 bridgehead atoms. The monoisotopic (exact) mass is 453 g/mol. The second-order valence-electron chi connectivity index (χ2n) is 6.78. The molecule has 154 valence electrons. The molecule has 0 aromatic heterocycles. The van der Waals surface area contributed by atoms with Crippen molar-refractivity contribution in [3.8, 4) is 0 Å². The van der Waals surface area contributed by atoms with Gasteiger partial charge in [-0.15, -0.1) is 0 Å². The Labute approximate surface area is 189 Å². The zero-order valence-corrected chi connectivity index (χ0v) is 20.8. The van der Waals surface area contributed by atoms with Gasteiger partial charge in [0.25, 0.3) is 0 Å². The average molecular weight is 454 g/mol. The minimum Gasteiger partial charge on any atom is -1.00 e. The summed E-state index contributed by atoms with van der Waals surface area (Å²) in [4.78, 5) is 0. The summed E-state index contributed by atoms with van der Waals surface area (Å²) < 4.78 is 6.40. The first-order chi connectivity index (χ1) is 13.9. The lowest BCUT2D eigenvalue weighted by atomic mass is 10.2. The zero-order valence-electron chi connectivity index (χ0n) is 17.2. The number of hydrogen-bond acceptors (Lipinski definition) is 1. The van der Waals surface area contributed by atoms with Crippen molar-refractivity contribution in [2.75, 3.05) is 6.35 Å². The van der Waals surface area contributed by atoms with Crippen LogP contribution in [0.1, 0.15) is 5.56 Å². The van der Waals surface area contributed by atoms with Gasteiger partial charge >= 0.3 is 0 Å². The first kappa shape index (κ1) is 24.3. The Kier molecular flexibility index (Phi) is 9.70. The molecule has 0 aliphatic rings. The first-order valence-corrected chi connectivity index (χ1v) is 11.5. The zero-order chi connectivity index (χ0) is 19.1. The average Bonchev–Trinajstić information content (AvgIpc) is 2.79. The third-order valence-corrected chi connectivity index (χ3v) is 9.10. The van der Waals surface area contributed by atoms with E-state index in [0.717, 1.165) is 0 Å². The Hall–Kier alpha value is -2.01. The van der Waals surface area contributed by atoms with E-state index < -0.39 is 7.26 Å². The van der Waals surface area contributed by atoms with Crippen LogP contribution in [0.2, 0.25) is 0 Å². The molecule has 0 fully saturated rings. The van der Waals surface area contributed by atoms with E-state index in [4.69, 9.17) is 4.74 Å². The lowest BCUT2D eigenvalue weighted by Gasteiger charge is -2.27. The van der Waals surface area contributed by atoms with Gasteiger partial charge in [0.1, 0.15) is 23.2 Å². The fraction of sp³-hybridized carbons (Fsp3) is 0.0769. The molecule has 0 saturated carbocycles. The normalized spacial score (nSPS) is 10.5. The highest BCUT2D eigenvalue weighted by molar-refractivity contribution is 7.95. The van der Waals surface area contributed by atoms with Gasteiger partial charge in [-0.2, -0.15) is 0 Å². The van der Waals surface area contributed by atoms with Gasteiger partial charge in [0, 0.05) is 0 Å². The number of ether oxygens (including phenoxy) is 1. The van der Waals surface area contributed by atoms with Crippen molar-refractivity contribution in [1.82, 2.24) is 0 Å². The van der Waals surface area contributed by atoms with E-state index in [9.17, 15) is 0 Å². The molecule has 0 aliphatic heterocycles. The largest absolute Gasteiger partial charge is 1.00 e. The molecular formula is C26H28ClOP2+. The fourth-order valence-electron chi connectivity index (χ4n) is 3.59. The maximum absolute atomic E-state index is 6.40. The molecule has 4 aromatic carbocycles. The van der Waals surface area contributed by atoms with Gasteiger partial charge in [-0.3, -0.25) is 0 Å². The van der Waals surface area contributed by atoms with Gasteiger partial charge in [0.15, 0.2) is 6.35 Å². The molecule has 0 spiro atoms. The molecule has 0 heterocycles. The SMILES string of the molecule is [Cl-].[PH4+].c1ccc(COC[P+](c2ccccc2)(c2ccccc2)c2ccccc2)cc1. The second kappa shape index (κ2) is 12.0. The predicted molar refractivity (Wildman–Crippen MR) is 134 cm³/mol. The number of hydrogen-bond donors (Lipinski definition) is 0. The van der Waals surface area contributed by atoms with Crippen LogP contribution in [0.15, 0.2) is 121 Å². The van der Waals surface area contributed by atoms with Crippen molar-refractivity contribution in [3.63, 3.8) is 0 Å². The molecular weight excluding hydrogens is 426 g/mol. The summed E-state index contributed by atoms with van der Waals surface area (Å²) in [7, 11) is -1.91. The molecule has 0 radical (unpaired) electrons. The van der Waals surface area contributed by atoms with Crippen LogP contribution in [0, 0.1) is 0 Å². The minimum absolute atomic E-state index is 0. The Bertz CT molecular complexity index is 884. The maximum atomic E-state index is 6.40. The summed E-state index contributed by atoms with van der Waals surface area (Å²) >= 11 is 0. The van der Waals surface area contributed by atoms with Gasteiger partial charge < -0.3 is 17.1 Å². The van der Waals surface area contributed by atoms with Crippen molar-refractivity contribution in [1.29, 1.82) is 0 Å². The lowest BCUT2D eigenvalue weighted by Crippen LogP contribution is -3.00. The van der Waals surface area contributed by atoms with E-state index in [1.54, 1.807) is 0 Å². The van der Waals surface area contributed by atoms with Crippen LogP contribution in [-0.2, 0) is 11.3 Å². The van der Waals surface area contributed by atoms with E-state index in [1.165, 1.54) is 21.5 Å². The van der Waals surface area contributed by atoms with E-state index in [1.807, 2.05) is 6.07 Å². The van der Waals surface area contributed by atoms with Gasteiger partial charge in [0.05, 0.1) is 6.61 Å². The van der Waals surface area contributed by atoms with Crippen molar-refractivity contribution in [2.45, 2.75) is 6.61 Å². The lowest BCUT2D eigenvalue weighted by molar-refractivity contribution is -0.00000584. The molecule has 4 rings (SSSR count). The quantitative estimate of drug-likeness (QED) is 0.389. The van der Waals surface area contributed by atoms with E-state index >= 15 is 0 Å². The van der Waals surface area contributed by atoms with Crippen LogP contribution in [-0.4, -0.2) is 6.35 Å². The summed E-state index contributed by atoms with van der Waals surface area (Å²) in [6.07, 6.45) is 0.680. The standard InChI is InChI=1S/C26H24OP.ClH.H3P/c1-5-13-23(14-6-1)21-27-22-28(24-15-7-2-8-16-24,25-17-9-3-10-18-25)26-19-11-4-12-20-26;;/h1-20H,21-22H2;1H;1H3/q+1;;. The van der Waals surface area contributed by atoms with Gasteiger partial charge in [-0.1, -0.05) is 84.9 Å². The highest BCUT2D eigenvalue weighted by atomic mass is 35.5. The Morgan fingerprint density at radius 3 is 1.20 bits per heavy atom. The van der Waals surface area contributed by atoms with Crippen LogP contribution in [0.4, 0.5) is 0 Å². The molecule has 4 aromatic rings. The number of benzene rings is 4. The molecule has 1 nitrogen and oxygen atoms in total. The minimum atomic E-state index is -1.91. The Morgan fingerprint density at radius 2 is 0.833 bits per heavy atom. The van der Waals surface area contributed by atoms with E-state index in [-0.39, 0.29) is 22.3 Å². The Morgan fingerprint density at radius 1 is 0.500 bits per heavy atom.